The van der Waals surface area contributed by atoms with Gasteiger partial charge < -0.3 is 14.8 Å². The number of halogens is 1. The van der Waals surface area contributed by atoms with Crippen molar-refractivity contribution in [3.05, 3.63) is 87.8 Å². The van der Waals surface area contributed by atoms with Crippen molar-refractivity contribution in [2.45, 2.75) is 0 Å². The molecule has 7 nitrogen and oxygen atoms in total. The lowest BCUT2D eigenvalue weighted by molar-refractivity contribution is 0.102. The summed E-state index contributed by atoms with van der Waals surface area (Å²) in [6.07, 6.45) is 0. The monoisotopic (exact) mass is 435 g/mol. The van der Waals surface area contributed by atoms with Crippen molar-refractivity contribution >= 4 is 34.0 Å². The van der Waals surface area contributed by atoms with Crippen LogP contribution in [0.4, 0.5) is 5.69 Å². The number of fused-ring (bicyclic) bond motifs is 1. The van der Waals surface area contributed by atoms with Crippen molar-refractivity contribution in [3.8, 4) is 17.2 Å². The largest absolute Gasteiger partial charge is 0.493 e. The molecule has 0 radical (unpaired) electrons. The average molecular weight is 436 g/mol. The van der Waals surface area contributed by atoms with Crippen LogP contribution in [0.25, 0.3) is 16.5 Å². The third-order valence-electron chi connectivity index (χ3n) is 4.73. The lowest BCUT2D eigenvalue weighted by Crippen LogP contribution is -2.26. The Morgan fingerprint density at radius 3 is 2.29 bits per heavy atom. The Morgan fingerprint density at radius 1 is 0.935 bits per heavy atom. The number of nitrogens with one attached hydrogen (secondary N) is 1. The summed E-state index contributed by atoms with van der Waals surface area (Å²) < 4.78 is 11.7. The zero-order valence-corrected chi connectivity index (χ0v) is 17.5. The second-order valence-electron chi connectivity index (χ2n) is 6.61. The molecule has 0 unspecified atom stereocenters. The van der Waals surface area contributed by atoms with Crippen molar-refractivity contribution in [3.63, 3.8) is 0 Å². The third-order valence-corrected chi connectivity index (χ3v) is 4.98. The van der Waals surface area contributed by atoms with E-state index in [1.165, 1.54) is 18.9 Å². The van der Waals surface area contributed by atoms with Gasteiger partial charge in [0, 0.05) is 22.2 Å². The van der Waals surface area contributed by atoms with Crippen LogP contribution in [0.1, 0.15) is 10.5 Å². The van der Waals surface area contributed by atoms with Crippen molar-refractivity contribution in [1.82, 2.24) is 9.78 Å². The second kappa shape index (κ2) is 8.49. The van der Waals surface area contributed by atoms with Crippen molar-refractivity contribution in [2.24, 2.45) is 0 Å². The number of carbonyl (C=O) groups excluding carboxylic acids is 1. The lowest BCUT2D eigenvalue weighted by atomic mass is 10.1. The first kappa shape index (κ1) is 20.4. The molecule has 4 rings (SSSR count). The summed E-state index contributed by atoms with van der Waals surface area (Å²) in [6.45, 7) is 0. The van der Waals surface area contributed by atoms with E-state index in [4.69, 9.17) is 21.1 Å². The van der Waals surface area contributed by atoms with Gasteiger partial charge in [-0.2, -0.15) is 9.78 Å². The maximum atomic E-state index is 13.1. The molecule has 0 spiro atoms. The number of hydrogen-bond acceptors (Lipinski definition) is 5. The van der Waals surface area contributed by atoms with Gasteiger partial charge >= 0.3 is 0 Å². The fourth-order valence-corrected chi connectivity index (χ4v) is 3.34. The zero-order chi connectivity index (χ0) is 22.0. The van der Waals surface area contributed by atoms with E-state index in [-0.39, 0.29) is 11.3 Å². The maximum absolute atomic E-state index is 13.1. The molecule has 0 saturated carbocycles. The molecule has 0 aliphatic heterocycles. The van der Waals surface area contributed by atoms with Crippen LogP contribution in [0.5, 0.6) is 11.5 Å². The molecule has 3 aromatic carbocycles. The third kappa shape index (κ3) is 3.95. The molecule has 0 aliphatic carbocycles. The van der Waals surface area contributed by atoms with Gasteiger partial charge in [-0.3, -0.25) is 9.59 Å². The molecule has 0 atom stereocenters. The van der Waals surface area contributed by atoms with E-state index in [9.17, 15) is 9.59 Å². The summed E-state index contributed by atoms with van der Waals surface area (Å²) in [5, 5.41) is 8.54. The van der Waals surface area contributed by atoms with E-state index < -0.39 is 5.91 Å². The number of anilines is 1. The van der Waals surface area contributed by atoms with Gasteiger partial charge in [0.2, 0.25) is 0 Å². The molecule has 4 aromatic rings. The number of amides is 1. The van der Waals surface area contributed by atoms with Gasteiger partial charge in [0.1, 0.15) is 0 Å². The Balaban J connectivity index is 1.81. The van der Waals surface area contributed by atoms with Gasteiger partial charge in [-0.1, -0.05) is 29.8 Å². The smallest absolute Gasteiger partial charge is 0.279 e. The Bertz CT molecular complexity index is 1330. The van der Waals surface area contributed by atoms with E-state index in [0.29, 0.717) is 38.7 Å². The minimum atomic E-state index is -0.467. The number of nitrogens with zero attached hydrogens (tertiary/aromatic N) is 2. The molecule has 0 aliphatic rings. The Labute approximate surface area is 182 Å². The zero-order valence-electron chi connectivity index (χ0n) is 16.8. The van der Waals surface area contributed by atoms with Crippen LogP contribution in [-0.4, -0.2) is 29.9 Å². The van der Waals surface area contributed by atoms with Crippen molar-refractivity contribution < 1.29 is 14.3 Å². The Kier molecular flexibility index (Phi) is 5.60. The molecule has 0 saturated heterocycles. The first-order valence-electron chi connectivity index (χ1n) is 9.33. The summed E-state index contributed by atoms with van der Waals surface area (Å²) in [5.41, 5.74) is 0.776. The summed E-state index contributed by atoms with van der Waals surface area (Å²) in [6, 6.07) is 18.5. The fourth-order valence-electron chi connectivity index (χ4n) is 3.22. The summed E-state index contributed by atoms with van der Waals surface area (Å²) in [4.78, 5) is 26.2. The van der Waals surface area contributed by atoms with Crippen LogP contribution in [-0.2, 0) is 0 Å². The molecule has 1 heterocycles. The van der Waals surface area contributed by atoms with Crippen molar-refractivity contribution in [2.75, 3.05) is 19.5 Å². The Hall–Kier alpha value is -3.84. The highest BCUT2D eigenvalue weighted by molar-refractivity contribution is 6.30. The highest BCUT2D eigenvalue weighted by Crippen LogP contribution is 2.30. The number of ether oxygens (including phenoxy) is 2. The number of hydrogen-bond donors (Lipinski definition) is 1. The molecular weight excluding hydrogens is 418 g/mol. The van der Waals surface area contributed by atoms with Crippen molar-refractivity contribution in [1.29, 1.82) is 0 Å². The van der Waals surface area contributed by atoms with E-state index in [2.05, 4.69) is 10.4 Å². The highest BCUT2D eigenvalue weighted by Gasteiger charge is 2.18. The molecule has 156 valence electrons. The molecule has 8 heteroatoms. The second-order valence-corrected chi connectivity index (χ2v) is 7.05. The minimum absolute atomic E-state index is 0.111. The minimum Gasteiger partial charge on any atom is -0.493 e. The maximum Gasteiger partial charge on any atom is 0.279 e. The van der Waals surface area contributed by atoms with Gasteiger partial charge in [-0.15, -0.1) is 0 Å². The fraction of sp³-hybridized carbons (Fsp3) is 0.0870. The molecule has 1 N–H and O–H groups in total. The predicted octanol–water partition coefficient (Wildman–Crippen LogP) is 4.31. The van der Waals surface area contributed by atoms with E-state index in [1.807, 2.05) is 0 Å². The van der Waals surface area contributed by atoms with Crippen LogP contribution in [0.2, 0.25) is 5.02 Å². The standard InChI is InChI=1S/C23H18ClN3O4/c1-30-19-12-9-15(13-20(19)31-2)25-22(28)21-17-5-3-4-6-18(17)23(29)27(26-21)16-10-7-14(24)8-11-16/h3-13H,1-2H3,(H,25,28). The average Bonchev–Trinajstić information content (AvgIpc) is 2.80. The Morgan fingerprint density at radius 2 is 1.61 bits per heavy atom. The number of rotatable bonds is 5. The summed E-state index contributed by atoms with van der Waals surface area (Å²) in [7, 11) is 3.05. The predicted molar refractivity (Wildman–Crippen MR) is 120 cm³/mol. The summed E-state index contributed by atoms with van der Waals surface area (Å²) in [5.74, 6) is 0.552. The van der Waals surface area contributed by atoms with Crippen LogP contribution in [0.15, 0.2) is 71.5 Å². The molecule has 0 fully saturated rings. The summed E-state index contributed by atoms with van der Waals surface area (Å²) >= 11 is 5.96. The SMILES string of the molecule is COc1ccc(NC(=O)c2nn(-c3ccc(Cl)cc3)c(=O)c3ccccc23)cc1OC. The molecule has 0 bridgehead atoms. The normalized spacial score (nSPS) is 10.7. The first-order chi connectivity index (χ1) is 15.0. The topological polar surface area (TPSA) is 82.5 Å². The van der Waals surface area contributed by atoms with Gasteiger partial charge in [-0.25, -0.2) is 0 Å². The van der Waals surface area contributed by atoms with E-state index in [0.717, 1.165) is 0 Å². The van der Waals surface area contributed by atoms with Gasteiger partial charge in [0.25, 0.3) is 11.5 Å². The van der Waals surface area contributed by atoms with E-state index >= 15 is 0 Å². The van der Waals surface area contributed by atoms with Crippen LogP contribution in [0.3, 0.4) is 0 Å². The lowest BCUT2D eigenvalue weighted by Gasteiger charge is -2.13. The first-order valence-corrected chi connectivity index (χ1v) is 9.71. The molecule has 31 heavy (non-hydrogen) atoms. The van der Waals surface area contributed by atoms with Crippen LogP contribution in [0, 0.1) is 0 Å². The number of aromatic nitrogens is 2. The highest BCUT2D eigenvalue weighted by atomic mass is 35.5. The number of carbonyl (C=O) groups is 1. The van der Waals surface area contributed by atoms with Gasteiger partial charge in [0.15, 0.2) is 17.2 Å². The molecular formula is C23H18ClN3O4. The number of methoxy groups -OCH3 is 2. The van der Waals surface area contributed by atoms with E-state index in [1.54, 1.807) is 66.7 Å². The van der Waals surface area contributed by atoms with Gasteiger partial charge in [-0.05, 0) is 42.5 Å². The van der Waals surface area contributed by atoms with Crippen LogP contribution < -0.4 is 20.3 Å². The van der Waals surface area contributed by atoms with Gasteiger partial charge in [0.05, 0.1) is 25.3 Å². The number of benzene rings is 3. The quantitative estimate of drug-likeness (QED) is 0.505. The van der Waals surface area contributed by atoms with Crippen LogP contribution >= 0.6 is 11.6 Å². The molecule has 1 aromatic heterocycles. The molecule has 1 amide bonds.